The van der Waals surface area contributed by atoms with E-state index in [1.807, 2.05) is 6.20 Å². The normalized spacial score (nSPS) is 41.5. The van der Waals surface area contributed by atoms with Gasteiger partial charge in [0.25, 0.3) is 0 Å². The first kappa shape index (κ1) is 92.3. The number of unbranched alkanes of at least 4 members (excludes halogenated alkanes) is 1. The highest BCUT2D eigenvalue weighted by Crippen LogP contribution is 2.43. The van der Waals surface area contributed by atoms with Crippen LogP contribution in [0.25, 0.3) is 0 Å². The van der Waals surface area contributed by atoms with Crippen LogP contribution in [0.15, 0.2) is 24.9 Å². The zero-order chi connectivity index (χ0) is 81.0. The van der Waals surface area contributed by atoms with Gasteiger partial charge in [0, 0.05) is 148 Å². The quantitative estimate of drug-likeness (QED) is 0.0798. The van der Waals surface area contributed by atoms with Crippen molar-refractivity contribution < 1.29 is 166 Å². The van der Waals surface area contributed by atoms with Gasteiger partial charge in [-0.05, 0) is 19.3 Å². The summed E-state index contributed by atoms with van der Waals surface area (Å²) in [6, 6.07) is 0. The third kappa shape index (κ3) is 21.1. The molecule has 23 heterocycles. The maximum absolute atomic E-state index is 7.31. The average molecular weight is 1630 g/mol. The second-order valence-corrected chi connectivity index (χ2v) is 28.8. The first-order valence-corrected chi connectivity index (χ1v) is 38.5. The summed E-state index contributed by atoms with van der Waals surface area (Å²) in [5, 5.41) is 9.30. The Labute approximate surface area is 662 Å². The molecule has 2 aromatic heterocycles. The van der Waals surface area contributed by atoms with E-state index in [4.69, 9.17) is 161 Å². The van der Waals surface area contributed by atoms with Crippen molar-refractivity contribution in [3.63, 3.8) is 0 Å². The van der Waals surface area contributed by atoms with Crippen molar-refractivity contribution in [2.75, 3.05) is 182 Å². The number of nitrogens with zero attached hydrogens (tertiary/aromatic N) is 5. The predicted molar refractivity (Wildman–Crippen MR) is 385 cm³/mol. The second kappa shape index (κ2) is 45.6. The van der Waals surface area contributed by atoms with Crippen molar-refractivity contribution in [2.45, 2.75) is 267 Å². The van der Waals surface area contributed by atoms with Crippen LogP contribution in [-0.4, -0.2) is 416 Å². The van der Waals surface area contributed by atoms with Crippen LogP contribution in [0.1, 0.15) is 31.9 Å². The summed E-state index contributed by atoms with van der Waals surface area (Å²) in [5.41, 5.74) is 0.753. The van der Waals surface area contributed by atoms with Crippen molar-refractivity contribution in [2.24, 2.45) is 0 Å². The van der Waals surface area contributed by atoms with Gasteiger partial charge in [-0.1, -0.05) is 18.6 Å². The fourth-order valence-electron chi connectivity index (χ4n) is 16.9. The summed E-state index contributed by atoms with van der Waals surface area (Å²) in [5.74, 6) is 0. The van der Waals surface area contributed by atoms with Gasteiger partial charge < -0.3 is 161 Å². The molecular formula is C74H128N5O34+. The van der Waals surface area contributed by atoms with Gasteiger partial charge in [-0.25, -0.2) is 13.8 Å². The number of aromatic nitrogens is 5. The van der Waals surface area contributed by atoms with E-state index in [1.54, 1.807) is 4.68 Å². The standard InChI is InChI=1S/C74H128N5O34/c1-22-23-26-77-28-29-78(38-77)27-24-25-39-30-79(76-75-39)31-40-47-54(86-8)61(93-15)68(100-40)108-48-41(32-80-2)102-70(63(95-17)55(48)87-9)110-50-43(34-82-4)104-72(65(97-19)57(50)89-11)112-52-45(36-84-6)106-74(67(99-21)59(52)91-13)113-53-46(37-85-7)105-73(66(98-20)60(53)92-14)111-51-44(35-83-5)103-71(64(96-18)58(51)90-12)109-49-42(33-81-3)101-69(107-47)62(94-16)56(49)88-10/h28-30,38,40-74H,22-27,31-37H2,1-21H3/q+1. The third-order valence-corrected chi connectivity index (χ3v) is 22.3. The minimum absolute atomic E-state index is 0.0334. The molecule has 0 radical (unpaired) electrons. The minimum atomic E-state index is -1.28. The topological polar surface area (TPSA) is 353 Å². The number of hydrogen-bond donors (Lipinski definition) is 0. The van der Waals surface area contributed by atoms with Crippen molar-refractivity contribution in [1.29, 1.82) is 0 Å². The Bertz CT molecular complexity index is 2960. The Balaban J connectivity index is 1.06. The Morgan fingerprint density at radius 3 is 0.805 bits per heavy atom. The molecule has 23 rings (SSSR count). The summed E-state index contributed by atoms with van der Waals surface area (Å²) in [4.78, 5) is 0. The molecule has 21 saturated heterocycles. The molecule has 14 bridgehead atoms. The third-order valence-electron chi connectivity index (χ3n) is 22.3. The highest BCUT2D eigenvalue weighted by molar-refractivity contribution is 5.05. The average Bonchev–Trinajstić information content (AvgIpc) is 1.36. The molecule has 39 heteroatoms. The van der Waals surface area contributed by atoms with Crippen LogP contribution < -0.4 is 4.57 Å². The smallest absolute Gasteiger partial charge is 0.243 e. The van der Waals surface area contributed by atoms with E-state index in [0.717, 1.165) is 38.0 Å². The zero-order valence-electron chi connectivity index (χ0n) is 69.3. The Morgan fingerprint density at radius 1 is 0.319 bits per heavy atom. The van der Waals surface area contributed by atoms with E-state index >= 15 is 0 Å². The van der Waals surface area contributed by atoms with Crippen molar-refractivity contribution in [1.82, 2.24) is 19.6 Å². The maximum atomic E-state index is 7.31. The molecule has 0 spiro atoms. The Hall–Kier alpha value is -3.01. The molecule has 113 heavy (non-hydrogen) atoms. The van der Waals surface area contributed by atoms with Gasteiger partial charge in [-0.2, -0.15) is 0 Å². The highest BCUT2D eigenvalue weighted by atomic mass is 16.8. The van der Waals surface area contributed by atoms with Gasteiger partial charge in [-0.15, -0.1) is 5.10 Å². The molecule has 2 aromatic rings. The summed E-state index contributed by atoms with van der Waals surface area (Å²) in [6.07, 6.45) is -25.2. The number of aryl methyl sites for hydroxylation is 3. The van der Waals surface area contributed by atoms with Crippen LogP contribution in [0.3, 0.4) is 0 Å². The van der Waals surface area contributed by atoms with Crippen molar-refractivity contribution >= 4 is 0 Å². The molecule has 35 unspecified atom stereocenters. The largest absolute Gasteiger partial charge is 0.382 e. The van der Waals surface area contributed by atoms with Crippen LogP contribution >= 0.6 is 0 Å². The van der Waals surface area contributed by atoms with Gasteiger partial charge in [0.2, 0.25) is 6.33 Å². The van der Waals surface area contributed by atoms with Crippen LogP contribution in [-0.2, 0) is 187 Å². The lowest BCUT2D eigenvalue weighted by Gasteiger charge is -2.52. The van der Waals surface area contributed by atoms with E-state index in [1.165, 1.54) is 142 Å². The molecule has 21 aliphatic heterocycles. The first-order valence-electron chi connectivity index (χ1n) is 38.5. The van der Waals surface area contributed by atoms with Crippen LogP contribution in [0.5, 0.6) is 0 Å². The number of ether oxygens (including phenoxy) is 34. The minimum Gasteiger partial charge on any atom is -0.382 e. The molecule has 0 amide bonds. The SMILES string of the molecule is CCCCn1cc[n+](CCCc2cn(CC3OC4OC5C(COC)OC(OC6C(COC)OC(OC7C(COC)OC(OC8C(COC)OC(OC9C(COC)OC(OC%10C(COC)OC(OC3C(OC)C4OC)C(OC)C%10OC)C(OC)C9OC)C(OC)C8OC)C(OC)C7OC)C(OC)C6OC)C(OC)C5OC)nn2)c1. The summed E-state index contributed by atoms with van der Waals surface area (Å²) in [6.45, 7) is 3.62. The van der Waals surface area contributed by atoms with Gasteiger partial charge in [0.1, 0.15) is 183 Å². The lowest BCUT2D eigenvalue weighted by molar-refractivity contribution is -0.696. The lowest BCUT2D eigenvalue weighted by Crippen LogP contribution is -2.69. The molecule has 35 atom stereocenters. The molecule has 0 N–H and O–H groups in total. The summed E-state index contributed by atoms with van der Waals surface area (Å²) in [7, 11) is 30.4. The molecule has 0 saturated carbocycles. The van der Waals surface area contributed by atoms with E-state index in [0.29, 0.717) is 6.42 Å². The molecular weight excluding hydrogens is 1500 g/mol. The van der Waals surface area contributed by atoms with Crippen LogP contribution in [0.2, 0.25) is 0 Å². The van der Waals surface area contributed by atoms with Crippen LogP contribution in [0.4, 0.5) is 0 Å². The van der Waals surface area contributed by atoms with Gasteiger partial charge in [0.15, 0.2) is 44.0 Å². The van der Waals surface area contributed by atoms with Crippen molar-refractivity contribution in [3.8, 4) is 0 Å². The zero-order valence-corrected chi connectivity index (χ0v) is 69.3. The number of imidazole rings is 1. The molecule has 21 aliphatic rings. The fourth-order valence-corrected chi connectivity index (χ4v) is 16.9. The van der Waals surface area contributed by atoms with Gasteiger partial charge >= 0.3 is 0 Å². The van der Waals surface area contributed by atoms with E-state index in [-0.39, 0.29) is 46.2 Å². The number of hydrogen-bond acceptors (Lipinski definition) is 36. The van der Waals surface area contributed by atoms with Gasteiger partial charge in [-0.3, -0.25) is 0 Å². The molecule has 652 valence electrons. The molecule has 0 aliphatic carbocycles. The second-order valence-electron chi connectivity index (χ2n) is 28.8. The van der Waals surface area contributed by atoms with Crippen molar-refractivity contribution in [3.05, 3.63) is 30.6 Å². The van der Waals surface area contributed by atoms with E-state index in [2.05, 4.69) is 45.1 Å². The van der Waals surface area contributed by atoms with Gasteiger partial charge in [0.05, 0.1) is 65.0 Å². The monoisotopic (exact) mass is 1630 g/mol. The molecule has 0 aromatic carbocycles. The molecule has 21 fully saturated rings. The van der Waals surface area contributed by atoms with E-state index < -0.39 is 215 Å². The highest BCUT2D eigenvalue weighted by Gasteiger charge is 2.62. The fraction of sp³-hybridized carbons (Fsp3) is 0.932. The number of rotatable bonds is 35. The maximum Gasteiger partial charge on any atom is 0.243 e. The summed E-state index contributed by atoms with van der Waals surface area (Å²) >= 11 is 0. The summed E-state index contributed by atoms with van der Waals surface area (Å²) < 4.78 is 230. The van der Waals surface area contributed by atoms with E-state index in [9.17, 15) is 0 Å². The predicted octanol–water partition coefficient (Wildman–Crippen LogP) is -0.327. The molecule has 39 nitrogen and oxygen atoms in total. The Kier molecular flexibility index (Phi) is 37.2. The number of methoxy groups -OCH3 is 20. The lowest BCUT2D eigenvalue weighted by atomic mass is 9.94. The van der Waals surface area contributed by atoms with Crippen LogP contribution in [0, 0.1) is 0 Å². The Morgan fingerprint density at radius 2 is 0.566 bits per heavy atom. The first-order chi connectivity index (χ1) is 55.1.